The molecule has 1 heterocycles. The lowest BCUT2D eigenvalue weighted by molar-refractivity contribution is 0.618. The maximum atomic E-state index is 13.5. The van der Waals surface area contributed by atoms with E-state index in [2.05, 4.69) is 4.98 Å². The summed E-state index contributed by atoms with van der Waals surface area (Å²) in [5, 5.41) is 8.73. The second kappa shape index (κ2) is 3.42. The third kappa shape index (κ3) is 1.53. The van der Waals surface area contributed by atoms with Crippen molar-refractivity contribution in [3.05, 3.63) is 42.2 Å². The first kappa shape index (κ1) is 9.21. The number of halogens is 1. The Hall–Kier alpha value is -2.35. The normalized spacial score (nSPS) is 9.87. The summed E-state index contributed by atoms with van der Waals surface area (Å²) in [5.41, 5.74) is 6.03. The van der Waals surface area contributed by atoms with Gasteiger partial charge in [0.25, 0.3) is 0 Å². The average Bonchev–Trinajstić information content (AvgIpc) is 2.65. The summed E-state index contributed by atoms with van der Waals surface area (Å²) >= 11 is 0. The van der Waals surface area contributed by atoms with E-state index in [4.69, 9.17) is 11.0 Å². The van der Waals surface area contributed by atoms with Crippen molar-refractivity contribution in [1.82, 2.24) is 9.55 Å². The van der Waals surface area contributed by atoms with E-state index < -0.39 is 5.82 Å². The zero-order valence-corrected chi connectivity index (χ0v) is 7.68. The minimum atomic E-state index is -0.482. The van der Waals surface area contributed by atoms with Gasteiger partial charge in [0.05, 0.1) is 5.69 Å². The zero-order chi connectivity index (χ0) is 10.8. The Morgan fingerprint density at radius 1 is 1.47 bits per heavy atom. The van der Waals surface area contributed by atoms with Gasteiger partial charge in [0, 0.05) is 18.1 Å². The Morgan fingerprint density at radius 3 is 2.93 bits per heavy atom. The van der Waals surface area contributed by atoms with Gasteiger partial charge in [0.1, 0.15) is 11.9 Å². The number of aromatic nitrogens is 2. The molecule has 2 rings (SSSR count). The Balaban J connectivity index is 2.60. The molecule has 0 saturated carbocycles. The highest BCUT2D eigenvalue weighted by Gasteiger charge is 2.08. The standard InChI is InChI=1S/C10H7FN4/c11-8-5-7(13)1-2-9(8)15-4-3-14-10(15)6-12/h1-5H,13H2. The predicted octanol–water partition coefficient (Wildman–Crippen LogP) is 1.47. The molecule has 74 valence electrons. The summed E-state index contributed by atoms with van der Waals surface area (Å²) in [6, 6.07) is 6.15. The summed E-state index contributed by atoms with van der Waals surface area (Å²) in [5.74, 6) is -0.344. The zero-order valence-electron chi connectivity index (χ0n) is 7.68. The summed E-state index contributed by atoms with van der Waals surface area (Å²) in [7, 11) is 0. The topological polar surface area (TPSA) is 67.6 Å². The molecule has 5 heteroatoms. The highest BCUT2D eigenvalue weighted by atomic mass is 19.1. The number of nitrogen functional groups attached to an aromatic ring is 1. The molecular weight excluding hydrogens is 195 g/mol. The second-order valence-corrected chi connectivity index (χ2v) is 2.94. The van der Waals surface area contributed by atoms with E-state index in [-0.39, 0.29) is 11.5 Å². The Bertz CT molecular complexity index is 539. The number of nitrogens with zero attached hydrogens (tertiary/aromatic N) is 3. The van der Waals surface area contributed by atoms with Gasteiger partial charge >= 0.3 is 0 Å². The van der Waals surface area contributed by atoms with E-state index >= 15 is 0 Å². The molecule has 4 nitrogen and oxygen atoms in total. The van der Waals surface area contributed by atoms with Crippen LogP contribution >= 0.6 is 0 Å². The summed E-state index contributed by atoms with van der Waals surface area (Å²) in [4.78, 5) is 3.78. The molecule has 1 aromatic carbocycles. The van der Waals surface area contributed by atoms with Crippen molar-refractivity contribution in [1.29, 1.82) is 5.26 Å². The first-order valence-electron chi connectivity index (χ1n) is 4.21. The van der Waals surface area contributed by atoms with E-state index in [1.165, 1.54) is 29.1 Å². The molecular formula is C10H7FN4. The van der Waals surface area contributed by atoms with Crippen LogP contribution in [0.2, 0.25) is 0 Å². The molecule has 0 amide bonds. The van der Waals surface area contributed by atoms with Crippen LogP contribution in [0.4, 0.5) is 10.1 Å². The minimum absolute atomic E-state index is 0.138. The number of nitrogens with two attached hydrogens (primary N) is 1. The number of rotatable bonds is 1. The van der Waals surface area contributed by atoms with Crippen molar-refractivity contribution >= 4 is 5.69 Å². The van der Waals surface area contributed by atoms with Gasteiger partial charge in [0.2, 0.25) is 5.82 Å². The minimum Gasteiger partial charge on any atom is -0.399 e. The monoisotopic (exact) mass is 202 g/mol. The van der Waals surface area contributed by atoms with Crippen LogP contribution in [-0.2, 0) is 0 Å². The molecule has 0 saturated heterocycles. The maximum Gasteiger partial charge on any atom is 0.217 e. The van der Waals surface area contributed by atoms with E-state index in [0.29, 0.717) is 5.69 Å². The van der Waals surface area contributed by atoms with Crippen LogP contribution in [0, 0.1) is 17.1 Å². The number of hydrogen-bond acceptors (Lipinski definition) is 3. The predicted molar refractivity (Wildman–Crippen MR) is 52.6 cm³/mol. The van der Waals surface area contributed by atoms with E-state index in [1.54, 1.807) is 6.07 Å². The summed E-state index contributed by atoms with van der Waals surface area (Å²) in [6.45, 7) is 0. The van der Waals surface area contributed by atoms with Crippen molar-refractivity contribution in [3.63, 3.8) is 0 Å². The molecule has 0 fully saturated rings. The van der Waals surface area contributed by atoms with E-state index in [0.717, 1.165) is 0 Å². The van der Waals surface area contributed by atoms with Gasteiger partial charge in [-0.25, -0.2) is 9.37 Å². The van der Waals surface area contributed by atoms with Gasteiger partial charge < -0.3 is 5.73 Å². The molecule has 2 aromatic rings. The van der Waals surface area contributed by atoms with E-state index in [1.807, 2.05) is 6.07 Å². The Labute approximate surface area is 85.4 Å². The third-order valence-corrected chi connectivity index (χ3v) is 1.97. The summed E-state index contributed by atoms with van der Waals surface area (Å²) < 4.78 is 14.9. The number of benzene rings is 1. The molecule has 0 bridgehead atoms. The second-order valence-electron chi connectivity index (χ2n) is 2.94. The van der Waals surface area contributed by atoms with Crippen molar-refractivity contribution in [2.45, 2.75) is 0 Å². The fourth-order valence-corrected chi connectivity index (χ4v) is 1.30. The largest absolute Gasteiger partial charge is 0.399 e. The Morgan fingerprint density at radius 2 is 2.27 bits per heavy atom. The lowest BCUT2D eigenvalue weighted by Crippen LogP contribution is -2.00. The highest BCUT2D eigenvalue weighted by molar-refractivity contribution is 5.47. The van der Waals surface area contributed by atoms with Crippen LogP contribution in [-0.4, -0.2) is 9.55 Å². The molecule has 0 spiro atoms. The molecule has 0 aliphatic rings. The number of anilines is 1. The molecule has 0 radical (unpaired) electrons. The summed E-state index contributed by atoms with van der Waals surface area (Å²) in [6.07, 6.45) is 2.96. The fraction of sp³-hybridized carbons (Fsp3) is 0. The molecule has 0 aliphatic heterocycles. The lowest BCUT2D eigenvalue weighted by Gasteiger charge is -2.05. The van der Waals surface area contributed by atoms with Gasteiger partial charge in [-0.05, 0) is 18.2 Å². The third-order valence-electron chi connectivity index (χ3n) is 1.97. The van der Waals surface area contributed by atoms with Gasteiger partial charge in [-0.15, -0.1) is 0 Å². The smallest absolute Gasteiger partial charge is 0.217 e. The number of imidazole rings is 1. The van der Waals surface area contributed by atoms with Crippen molar-refractivity contribution < 1.29 is 4.39 Å². The first-order valence-corrected chi connectivity index (χ1v) is 4.21. The van der Waals surface area contributed by atoms with Crippen molar-refractivity contribution in [3.8, 4) is 11.8 Å². The van der Waals surface area contributed by atoms with Gasteiger partial charge in [-0.3, -0.25) is 4.57 Å². The van der Waals surface area contributed by atoms with Crippen LogP contribution in [0.15, 0.2) is 30.6 Å². The quantitative estimate of drug-likeness (QED) is 0.712. The molecule has 2 N–H and O–H groups in total. The first-order chi connectivity index (χ1) is 7.22. The van der Waals surface area contributed by atoms with Gasteiger partial charge in [-0.1, -0.05) is 0 Å². The number of hydrogen-bond donors (Lipinski definition) is 1. The highest BCUT2D eigenvalue weighted by Crippen LogP contribution is 2.17. The lowest BCUT2D eigenvalue weighted by atomic mass is 10.2. The average molecular weight is 202 g/mol. The fourth-order valence-electron chi connectivity index (χ4n) is 1.30. The molecule has 0 unspecified atom stereocenters. The molecule has 0 aliphatic carbocycles. The molecule has 1 aromatic heterocycles. The van der Waals surface area contributed by atoms with Crippen LogP contribution in [0.25, 0.3) is 5.69 Å². The molecule has 15 heavy (non-hydrogen) atoms. The molecule has 0 atom stereocenters. The SMILES string of the molecule is N#Cc1nccn1-c1ccc(N)cc1F. The van der Waals surface area contributed by atoms with Crippen LogP contribution in [0.3, 0.4) is 0 Å². The van der Waals surface area contributed by atoms with Gasteiger partial charge in [-0.2, -0.15) is 5.26 Å². The number of nitriles is 1. The van der Waals surface area contributed by atoms with Gasteiger partial charge in [0.15, 0.2) is 0 Å². The van der Waals surface area contributed by atoms with Crippen LogP contribution < -0.4 is 5.73 Å². The van der Waals surface area contributed by atoms with Crippen molar-refractivity contribution in [2.24, 2.45) is 0 Å². The van der Waals surface area contributed by atoms with Crippen molar-refractivity contribution in [2.75, 3.05) is 5.73 Å². The maximum absolute atomic E-state index is 13.5. The Kier molecular flexibility index (Phi) is 2.10. The van der Waals surface area contributed by atoms with E-state index in [9.17, 15) is 4.39 Å². The van der Waals surface area contributed by atoms with Crippen LogP contribution in [0.5, 0.6) is 0 Å². The van der Waals surface area contributed by atoms with Crippen LogP contribution in [0.1, 0.15) is 5.82 Å².